The Hall–Kier alpha value is -2.69. The van der Waals surface area contributed by atoms with Crippen LogP contribution in [0.4, 0.5) is 0 Å². The van der Waals surface area contributed by atoms with Crippen molar-refractivity contribution in [3.05, 3.63) is 0 Å². The number of amides is 4. The van der Waals surface area contributed by atoms with Gasteiger partial charge in [-0.3, -0.25) is 19.2 Å². The molecule has 2 saturated heterocycles. The van der Waals surface area contributed by atoms with Crippen LogP contribution in [0.3, 0.4) is 0 Å². The lowest BCUT2D eigenvalue weighted by molar-refractivity contribution is -0.149. The molecule has 2 aliphatic rings. The summed E-state index contributed by atoms with van der Waals surface area (Å²) < 4.78 is 0. The van der Waals surface area contributed by atoms with Crippen molar-refractivity contribution in [2.24, 2.45) is 23.5 Å². The van der Waals surface area contributed by atoms with E-state index in [0.717, 1.165) is 0 Å². The number of nitrogens with two attached hydrogens (primary N) is 1. The molecule has 0 spiro atoms. The summed E-state index contributed by atoms with van der Waals surface area (Å²) in [6, 6.07) is -4.15. The maximum atomic E-state index is 13.4. The third-order valence-corrected chi connectivity index (χ3v) is 7.23. The van der Waals surface area contributed by atoms with Gasteiger partial charge >= 0.3 is 5.97 Å². The SMILES string of the molecule is CC(C)C[C@H](NC(=O)[C@@H](NC(=O)[C@@H]1CCCN1C(=O)[C@@H](N)C(C)C)C(C)C)C(=O)N1CCC[C@H]1C(=O)O. The normalized spacial score (nSPS) is 22.3. The van der Waals surface area contributed by atoms with E-state index in [-0.39, 0.29) is 23.7 Å². The van der Waals surface area contributed by atoms with E-state index in [0.29, 0.717) is 45.2 Å². The molecule has 2 rings (SSSR count). The highest BCUT2D eigenvalue weighted by molar-refractivity contribution is 5.96. The Morgan fingerprint density at radius 3 is 1.86 bits per heavy atom. The predicted octanol–water partition coefficient (Wildman–Crippen LogP) is 0.708. The number of likely N-dealkylation sites (tertiary alicyclic amines) is 2. The molecule has 11 nitrogen and oxygen atoms in total. The zero-order valence-corrected chi connectivity index (χ0v) is 23.0. The number of carboxylic acid groups (broad SMARTS) is 1. The van der Waals surface area contributed by atoms with Crippen LogP contribution in [-0.2, 0) is 24.0 Å². The van der Waals surface area contributed by atoms with Crippen molar-refractivity contribution in [2.45, 2.75) is 104 Å². The van der Waals surface area contributed by atoms with Crippen LogP contribution in [0.15, 0.2) is 0 Å². The van der Waals surface area contributed by atoms with Gasteiger partial charge in [-0.2, -0.15) is 0 Å². The molecule has 2 aliphatic heterocycles. The van der Waals surface area contributed by atoms with E-state index in [4.69, 9.17) is 5.73 Å². The fraction of sp³-hybridized carbons (Fsp3) is 0.808. The van der Waals surface area contributed by atoms with Crippen LogP contribution < -0.4 is 16.4 Å². The van der Waals surface area contributed by atoms with E-state index in [2.05, 4.69) is 10.6 Å². The number of aliphatic carboxylic acids is 1. The summed E-state index contributed by atoms with van der Waals surface area (Å²) >= 11 is 0. The number of nitrogens with zero attached hydrogens (tertiary/aromatic N) is 2. The molecule has 0 aliphatic carbocycles. The van der Waals surface area contributed by atoms with Crippen LogP contribution >= 0.6 is 0 Å². The summed E-state index contributed by atoms with van der Waals surface area (Å²) in [5.41, 5.74) is 6.04. The van der Waals surface area contributed by atoms with Crippen molar-refractivity contribution in [2.75, 3.05) is 13.1 Å². The topological polar surface area (TPSA) is 162 Å². The Morgan fingerprint density at radius 2 is 1.38 bits per heavy atom. The van der Waals surface area contributed by atoms with E-state index in [9.17, 15) is 29.1 Å². The van der Waals surface area contributed by atoms with Crippen LogP contribution in [0.5, 0.6) is 0 Å². The molecule has 2 fully saturated rings. The van der Waals surface area contributed by atoms with Gasteiger partial charge in [0.2, 0.25) is 23.6 Å². The zero-order chi connectivity index (χ0) is 28.0. The van der Waals surface area contributed by atoms with Crippen molar-refractivity contribution in [1.29, 1.82) is 0 Å². The maximum absolute atomic E-state index is 13.4. The molecule has 5 atom stereocenters. The number of hydrogen-bond donors (Lipinski definition) is 4. The average Bonchev–Trinajstić information content (AvgIpc) is 3.49. The summed E-state index contributed by atoms with van der Waals surface area (Å²) in [6.07, 6.45) is 2.45. The van der Waals surface area contributed by atoms with Gasteiger partial charge in [0.25, 0.3) is 0 Å². The Balaban J connectivity index is 2.15. The molecule has 11 heteroatoms. The lowest BCUT2D eigenvalue weighted by Gasteiger charge is -2.32. The third-order valence-electron chi connectivity index (χ3n) is 7.23. The monoisotopic (exact) mass is 523 g/mol. The van der Waals surface area contributed by atoms with Gasteiger partial charge in [-0.05, 0) is 49.9 Å². The minimum absolute atomic E-state index is 0.0652. The number of rotatable bonds is 11. The van der Waals surface area contributed by atoms with Gasteiger partial charge in [0.15, 0.2) is 0 Å². The molecule has 0 saturated carbocycles. The first kappa shape index (κ1) is 30.5. The van der Waals surface area contributed by atoms with Gasteiger partial charge in [0.05, 0.1) is 6.04 Å². The quantitative estimate of drug-likeness (QED) is 0.310. The minimum atomic E-state index is -1.05. The largest absolute Gasteiger partial charge is 0.480 e. The second-order valence-corrected chi connectivity index (χ2v) is 11.4. The molecule has 4 amide bonds. The molecule has 0 aromatic carbocycles. The van der Waals surface area contributed by atoms with Gasteiger partial charge in [0.1, 0.15) is 24.2 Å². The van der Waals surface area contributed by atoms with Gasteiger partial charge < -0.3 is 31.3 Å². The second-order valence-electron chi connectivity index (χ2n) is 11.4. The number of nitrogens with one attached hydrogen (secondary N) is 2. The first-order chi connectivity index (χ1) is 17.3. The summed E-state index contributed by atoms with van der Waals surface area (Å²) in [4.78, 5) is 67.2. The molecule has 210 valence electrons. The summed E-state index contributed by atoms with van der Waals surface area (Å²) in [6.45, 7) is 11.9. The first-order valence-corrected chi connectivity index (χ1v) is 13.5. The lowest BCUT2D eigenvalue weighted by atomic mass is 9.99. The summed E-state index contributed by atoms with van der Waals surface area (Å²) in [5, 5.41) is 15.1. The van der Waals surface area contributed by atoms with Gasteiger partial charge in [-0.1, -0.05) is 41.5 Å². The first-order valence-electron chi connectivity index (χ1n) is 13.5. The molecule has 0 radical (unpaired) electrons. The second kappa shape index (κ2) is 13.2. The summed E-state index contributed by atoms with van der Waals surface area (Å²) in [5.74, 6) is -2.99. The number of carbonyl (C=O) groups is 5. The number of hydrogen-bond acceptors (Lipinski definition) is 6. The van der Waals surface area contributed by atoms with Crippen molar-refractivity contribution in [1.82, 2.24) is 20.4 Å². The van der Waals surface area contributed by atoms with E-state index in [1.54, 1.807) is 13.8 Å². The Kier molecular flexibility index (Phi) is 10.9. The van der Waals surface area contributed by atoms with Crippen LogP contribution in [0, 0.1) is 17.8 Å². The van der Waals surface area contributed by atoms with Gasteiger partial charge in [-0.25, -0.2) is 4.79 Å². The highest BCUT2D eigenvalue weighted by Gasteiger charge is 2.41. The van der Waals surface area contributed by atoms with Crippen LogP contribution in [0.2, 0.25) is 0 Å². The highest BCUT2D eigenvalue weighted by Crippen LogP contribution is 2.22. The number of carboxylic acids is 1. The maximum Gasteiger partial charge on any atom is 0.326 e. The van der Waals surface area contributed by atoms with Crippen LogP contribution in [0.1, 0.15) is 73.6 Å². The molecule has 0 aromatic heterocycles. The van der Waals surface area contributed by atoms with Crippen molar-refractivity contribution >= 4 is 29.6 Å². The minimum Gasteiger partial charge on any atom is -0.480 e. The van der Waals surface area contributed by atoms with Gasteiger partial charge in [0, 0.05) is 13.1 Å². The van der Waals surface area contributed by atoms with E-state index in [1.807, 2.05) is 27.7 Å². The Morgan fingerprint density at radius 1 is 0.838 bits per heavy atom. The zero-order valence-electron chi connectivity index (χ0n) is 23.0. The molecular formula is C26H45N5O6. The standard InChI is InChI=1S/C26H45N5O6/c1-14(2)13-17(24(34)31-12-8-10-19(31)26(36)37)28-23(33)21(16(5)6)29-22(32)18-9-7-11-30(18)25(35)20(27)15(3)4/h14-21H,7-13,27H2,1-6H3,(H,28,33)(H,29,32)(H,36,37)/t17-,18-,19-,20-,21-/m0/s1. The molecule has 0 aromatic rings. The van der Waals surface area contributed by atoms with Crippen molar-refractivity contribution in [3.63, 3.8) is 0 Å². The van der Waals surface area contributed by atoms with Gasteiger partial charge in [-0.15, -0.1) is 0 Å². The third kappa shape index (κ3) is 7.66. The molecule has 0 bridgehead atoms. The van der Waals surface area contributed by atoms with Crippen LogP contribution in [0.25, 0.3) is 0 Å². The highest BCUT2D eigenvalue weighted by atomic mass is 16.4. The van der Waals surface area contributed by atoms with Crippen LogP contribution in [-0.4, -0.2) is 87.8 Å². The summed E-state index contributed by atoms with van der Waals surface area (Å²) in [7, 11) is 0. The molecule has 2 heterocycles. The fourth-order valence-electron chi connectivity index (χ4n) is 5.01. The molecule has 37 heavy (non-hydrogen) atoms. The number of carbonyl (C=O) groups excluding carboxylic acids is 4. The van der Waals surface area contributed by atoms with Crippen molar-refractivity contribution in [3.8, 4) is 0 Å². The smallest absolute Gasteiger partial charge is 0.326 e. The average molecular weight is 524 g/mol. The van der Waals surface area contributed by atoms with E-state index < -0.39 is 53.9 Å². The predicted molar refractivity (Wildman–Crippen MR) is 138 cm³/mol. The Bertz CT molecular complexity index is 860. The van der Waals surface area contributed by atoms with Crippen molar-refractivity contribution < 1.29 is 29.1 Å². The van der Waals surface area contributed by atoms with E-state index in [1.165, 1.54) is 9.80 Å². The molecule has 5 N–H and O–H groups in total. The van der Waals surface area contributed by atoms with E-state index >= 15 is 0 Å². The Labute approximate surface area is 219 Å². The molecule has 0 unspecified atom stereocenters. The molecular weight excluding hydrogens is 478 g/mol. The fourth-order valence-corrected chi connectivity index (χ4v) is 5.01. The lowest BCUT2D eigenvalue weighted by Crippen LogP contribution is -2.59.